The molecule has 0 saturated carbocycles. The fourth-order valence-corrected chi connectivity index (χ4v) is 3.66. The van der Waals surface area contributed by atoms with E-state index in [1.165, 1.54) is 4.57 Å². The SMILES string of the molecule is Cc1ccc2c(c1)C(O)(C#Cc1ccccc1)c1nc3ccccc3c(=O)n1-2. The zero-order valence-corrected chi connectivity index (χ0v) is 15.2. The summed E-state index contributed by atoms with van der Waals surface area (Å²) in [4.78, 5) is 17.8. The molecule has 1 atom stereocenters. The highest BCUT2D eigenvalue weighted by atomic mass is 16.3. The van der Waals surface area contributed by atoms with Crippen LogP contribution in [0.3, 0.4) is 0 Å². The molecule has 0 spiro atoms. The van der Waals surface area contributed by atoms with Gasteiger partial charge in [0, 0.05) is 11.1 Å². The molecule has 1 aliphatic rings. The first-order valence-electron chi connectivity index (χ1n) is 9.02. The van der Waals surface area contributed by atoms with Gasteiger partial charge in [0.1, 0.15) is 0 Å². The van der Waals surface area contributed by atoms with Gasteiger partial charge in [-0.3, -0.25) is 9.36 Å². The number of hydrogen-bond donors (Lipinski definition) is 1. The Morgan fingerprint density at radius 1 is 1.00 bits per heavy atom. The molecule has 28 heavy (non-hydrogen) atoms. The van der Waals surface area contributed by atoms with Crippen molar-refractivity contribution in [2.24, 2.45) is 0 Å². The van der Waals surface area contributed by atoms with Crippen molar-refractivity contribution in [1.82, 2.24) is 9.55 Å². The molecule has 1 aliphatic heterocycles. The highest BCUT2D eigenvalue weighted by Gasteiger charge is 2.44. The minimum atomic E-state index is -1.67. The van der Waals surface area contributed by atoms with E-state index in [1.54, 1.807) is 12.1 Å². The van der Waals surface area contributed by atoms with E-state index >= 15 is 0 Å². The standard InChI is InChI=1S/C24H16N2O2/c1-16-11-12-21-19(15-16)24(28,14-13-17-7-3-2-4-8-17)23-25-20-10-6-5-9-18(20)22(27)26(21)23/h2-12,15,28H,1H3. The first-order chi connectivity index (χ1) is 13.6. The summed E-state index contributed by atoms with van der Waals surface area (Å²) in [6.07, 6.45) is 0. The van der Waals surface area contributed by atoms with Crippen molar-refractivity contribution in [3.63, 3.8) is 0 Å². The van der Waals surface area contributed by atoms with Crippen molar-refractivity contribution in [1.29, 1.82) is 0 Å². The molecule has 0 fully saturated rings. The Labute approximate surface area is 161 Å². The van der Waals surface area contributed by atoms with Crippen molar-refractivity contribution in [3.05, 3.63) is 106 Å². The maximum absolute atomic E-state index is 13.2. The van der Waals surface area contributed by atoms with Gasteiger partial charge in [-0.1, -0.05) is 47.9 Å². The van der Waals surface area contributed by atoms with Crippen LogP contribution in [0.1, 0.15) is 22.5 Å². The van der Waals surface area contributed by atoms with E-state index in [0.717, 1.165) is 11.1 Å². The summed E-state index contributed by atoms with van der Waals surface area (Å²) in [5, 5.41) is 12.2. The van der Waals surface area contributed by atoms with Crippen LogP contribution in [0, 0.1) is 18.8 Å². The van der Waals surface area contributed by atoms with Gasteiger partial charge in [0.15, 0.2) is 5.82 Å². The zero-order chi connectivity index (χ0) is 19.3. The number of hydrogen-bond acceptors (Lipinski definition) is 3. The Hall–Kier alpha value is -3.68. The van der Waals surface area contributed by atoms with Crippen molar-refractivity contribution in [2.45, 2.75) is 12.5 Å². The number of aliphatic hydroxyl groups is 1. The van der Waals surface area contributed by atoms with E-state index in [4.69, 9.17) is 0 Å². The Morgan fingerprint density at radius 2 is 1.75 bits per heavy atom. The fourth-order valence-electron chi connectivity index (χ4n) is 3.66. The van der Waals surface area contributed by atoms with Crippen molar-refractivity contribution >= 4 is 10.9 Å². The van der Waals surface area contributed by atoms with E-state index in [0.29, 0.717) is 22.2 Å². The minimum absolute atomic E-state index is 0.205. The summed E-state index contributed by atoms with van der Waals surface area (Å²) in [5.74, 6) is 6.27. The molecule has 0 bridgehead atoms. The van der Waals surface area contributed by atoms with Crippen LogP contribution in [0.5, 0.6) is 0 Å². The molecule has 2 heterocycles. The second-order valence-corrected chi connectivity index (χ2v) is 6.94. The summed E-state index contributed by atoms with van der Waals surface area (Å²) in [6.45, 7) is 1.95. The third-order valence-corrected chi connectivity index (χ3v) is 5.04. The van der Waals surface area contributed by atoms with Crippen LogP contribution in [-0.4, -0.2) is 14.7 Å². The number of nitrogens with zero attached hydrogens (tertiary/aromatic N) is 2. The molecule has 134 valence electrons. The van der Waals surface area contributed by atoms with E-state index in [-0.39, 0.29) is 11.4 Å². The van der Waals surface area contributed by atoms with E-state index < -0.39 is 5.60 Å². The summed E-state index contributed by atoms with van der Waals surface area (Å²) in [5.41, 5.74) is 1.63. The molecule has 1 N–H and O–H groups in total. The largest absolute Gasteiger partial charge is 0.367 e. The molecule has 4 aromatic rings. The highest BCUT2D eigenvalue weighted by Crippen LogP contribution is 2.39. The number of aromatic nitrogens is 2. The quantitative estimate of drug-likeness (QED) is 0.487. The molecule has 5 rings (SSSR count). The molecule has 4 nitrogen and oxygen atoms in total. The monoisotopic (exact) mass is 364 g/mol. The smallest absolute Gasteiger partial charge is 0.266 e. The van der Waals surface area contributed by atoms with Crippen molar-refractivity contribution < 1.29 is 5.11 Å². The number of benzene rings is 3. The lowest BCUT2D eigenvalue weighted by molar-refractivity contribution is 0.141. The van der Waals surface area contributed by atoms with E-state index in [2.05, 4.69) is 16.8 Å². The first-order valence-corrected chi connectivity index (χ1v) is 9.02. The average molecular weight is 364 g/mol. The van der Waals surface area contributed by atoms with E-state index in [9.17, 15) is 9.90 Å². The number of para-hydroxylation sites is 1. The maximum Gasteiger partial charge on any atom is 0.266 e. The minimum Gasteiger partial charge on any atom is -0.367 e. The van der Waals surface area contributed by atoms with Crippen LogP contribution in [-0.2, 0) is 5.60 Å². The fraction of sp³-hybridized carbons (Fsp3) is 0.0833. The third kappa shape index (κ3) is 2.31. The zero-order valence-electron chi connectivity index (χ0n) is 15.2. The third-order valence-electron chi connectivity index (χ3n) is 5.04. The lowest BCUT2D eigenvalue weighted by Crippen LogP contribution is -2.28. The summed E-state index contributed by atoms with van der Waals surface area (Å²) in [7, 11) is 0. The van der Waals surface area contributed by atoms with Gasteiger partial charge in [0.05, 0.1) is 16.6 Å². The van der Waals surface area contributed by atoms with Gasteiger partial charge in [-0.05, 0) is 49.2 Å². The van der Waals surface area contributed by atoms with Gasteiger partial charge in [-0.15, -0.1) is 0 Å². The van der Waals surface area contributed by atoms with Gasteiger partial charge in [0.25, 0.3) is 5.56 Å². The predicted molar refractivity (Wildman–Crippen MR) is 108 cm³/mol. The van der Waals surface area contributed by atoms with Crippen LogP contribution >= 0.6 is 0 Å². The molecule has 1 unspecified atom stereocenters. The predicted octanol–water partition coefficient (Wildman–Crippen LogP) is 3.30. The molecule has 3 aromatic carbocycles. The van der Waals surface area contributed by atoms with Crippen LogP contribution in [0.2, 0.25) is 0 Å². The molecule has 0 saturated heterocycles. The Kier molecular flexibility index (Phi) is 3.48. The normalized spacial score (nSPS) is 16.9. The molecular weight excluding hydrogens is 348 g/mol. The number of rotatable bonds is 0. The lowest BCUT2D eigenvalue weighted by atomic mass is 9.93. The number of fused-ring (bicyclic) bond motifs is 4. The second-order valence-electron chi connectivity index (χ2n) is 6.94. The Bertz CT molecular complexity index is 1360. The maximum atomic E-state index is 13.2. The molecule has 4 heteroatoms. The van der Waals surface area contributed by atoms with Crippen molar-refractivity contribution in [3.8, 4) is 17.5 Å². The van der Waals surface area contributed by atoms with Crippen LogP contribution < -0.4 is 5.56 Å². The number of aryl methyl sites for hydroxylation is 1. The summed E-state index contributed by atoms with van der Waals surface area (Å²) < 4.78 is 1.48. The summed E-state index contributed by atoms with van der Waals surface area (Å²) >= 11 is 0. The Balaban J connectivity index is 1.86. The molecule has 0 radical (unpaired) electrons. The topological polar surface area (TPSA) is 55.1 Å². The van der Waals surface area contributed by atoms with Gasteiger partial charge in [0.2, 0.25) is 5.60 Å². The summed E-state index contributed by atoms with van der Waals surface area (Å²) in [6, 6.07) is 22.2. The van der Waals surface area contributed by atoms with Crippen LogP contribution in [0.15, 0.2) is 77.6 Å². The van der Waals surface area contributed by atoms with Gasteiger partial charge >= 0.3 is 0 Å². The van der Waals surface area contributed by atoms with Gasteiger partial charge < -0.3 is 5.11 Å². The van der Waals surface area contributed by atoms with Crippen molar-refractivity contribution in [2.75, 3.05) is 0 Å². The molecule has 0 amide bonds. The van der Waals surface area contributed by atoms with Gasteiger partial charge in [-0.25, -0.2) is 4.98 Å². The van der Waals surface area contributed by atoms with Crippen LogP contribution in [0.4, 0.5) is 0 Å². The highest BCUT2D eigenvalue weighted by molar-refractivity contribution is 5.79. The van der Waals surface area contributed by atoms with E-state index in [1.807, 2.05) is 67.6 Å². The molecule has 0 aliphatic carbocycles. The average Bonchev–Trinajstić information content (AvgIpc) is 2.96. The second kappa shape index (κ2) is 5.91. The molecule has 1 aromatic heterocycles. The Morgan fingerprint density at radius 3 is 2.57 bits per heavy atom. The van der Waals surface area contributed by atoms with Crippen LogP contribution in [0.25, 0.3) is 16.6 Å². The first kappa shape index (κ1) is 16.5. The van der Waals surface area contributed by atoms with Gasteiger partial charge in [-0.2, -0.15) is 0 Å². The molecular formula is C24H16N2O2. The lowest BCUT2D eigenvalue weighted by Gasteiger charge is -2.17.